The molecule has 0 bridgehead atoms. The summed E-state index contributed by atoms with van der Waals surface area (Å²) in [5.74, 6) is 0. The van der Waals surface area contributed by atoms with Crippen LogP contribution in [0.15, 0.2) is 0 Å². The van der Waals surface area contributed by atoms with E-state index in [2.05, 4.69) is 5.73 Å². The molecule has 0 radical (unpaired) electrons. The molecule has 3 N–H and O–H groups in total. The van der Waals surface area contributed by atoms with Crippen LogP contribution in [0.2, 0.25) is 0 Å². The average molecular weight is 227 g/mol. The largest absolute Gasteiger partial charge is 0.563 e. The molecule has 0 rings (SSSR count). The van der Waals surface area contributed by atoms with Crippen LogP contribution in [0.25, 0.3) is 0 Å². The number of nitrogens with one attached hydrogen (secondary N) is 1. The second kappa shape index (κ2) is 11.0. The molecule has 2 nitrogen and oxygen atoms in total. The van der Waals surface area contributed by atoms with E-state index in [1.54, 1.807) is 0 Å². The van der Waals surface area contributed by atoms with Gasteiger partial charge in [0.15, 0.2) is 0 Å². The van der Waals surface area contributed by atoms with Gasteiger partial charge >= 0.3 is 0 Å². The van der Waals surface area contributed by atoms with Gasteiger partial charge < -0.3 is 17.5 Å². The maximum Gasteiger partial charge on any atom is 0 e. The Balaban J connectivity index is 0. The first-order chi connectivity index (χ1) is 1.41. The standard InChI is InChI=1S/CH3N2.W/c2-1-3;/h(H3,2,3);/q-1;. The van der Waals surface area contributed by atoms with Crippen LogP contribution in [-0.2, 0) is 21.1 Å². The predicted molar refractivity (Wildman–Crippen MR) is 11.9 cm³/mol. The first kappa shape index (κ1) is 8.90. The third-order valence-corrected chi connectivity index (χ3v) is 0. The van der Waals surface area contributed by atoms with E-state index in [9.17, 15) is 0 Å². The van der Waals surface area contributed by atoms with Gasteiger partial charge in [0.1, 0.15) is 0 Å². The zero-order valence-corrected chi connectivity index (χ0v) is 4.92. The number of hydrogen-bond donors (Lipinski definition) is 2. The van der Waals surface area contributed by atoms with E-state index in [1.807, 2.05) is 0 Å². The summed E-state index contributed by atoms with van der Waals surface area (Å²) in [5, 5.41) is 5.74. The molecule has 0 saturated heterocycles. The minimum Gasteiger partial charge on any atom is -0.563 e. The summed E-state index contributed by atoms with van der Waals surface area (Å²) >= 11 is 0. The topological polar surface area (TPSA) is 49.9 Å². The fraction of sp³-hybridized carbons (Fsp3) is 0. The van der Waals surface area contributed by atoms with Crippen LogP contribution >= 0.6 is 0 Å². The van der Waals surface area contributed by atoms with E-state index < -0.39 is 0 Å². The smallest absolute Gasteiger partial charge is 0 e. The Labute approximate surface area is 39.2 Å². The van der Waals surface area contributed by atoms with Crippen molar-refractivity contribution in [2.24, 2.45) is 5.73 Å². The summed E-state index contributed by atoms with van der Waals surface area (Å²) in [6.07, 6.45) is 1.50. The van der Waals surface area contributed by atoms with Crippen molar-refractivity contribution in [1.82, 2.24) is 0 Å². The van der Waals surface area contributed by atoms with Gasteiger partial charge in [-0.3, -0.25) is 0 Å². The summed E-state index contributed by atoms with van der Waals surface area (Å²) in [5.41, 5.74) is 4.26. The Hall–Kier alpha value is 0.158. The molecule has 24 valence electrons. The second-order valence-electron chi connectivity index (χ2n) is 0.144. The second-order valence-corrected chi connectivity index (χ2v) is 0.144. The van der Waals surface area contributed by atoms with Gasteiger partial charge in [-0.2, -0.15) is 0 Å². The third-order valence-electron chi connectivity index (χ3n) is 0. The monoisotopic (exact) mass is 227 g/mol. The van der Waals surface area contributed by atoms with E-state index in [1.165, 1.54) is 6.34 Å². The Morgan fingerprint density at radius 1 is 1.75 bits per heavy atom. The fourth-order valence-corrected chi connectivity index (χ4v) is 0. The third kappa shape index (κ3) is 116. The van der Waals surface area contributed by atoms with Crippen molar-refractivity contribution in [3.8, 4) is 0 Å². The van der Waals surface area contributed by atoms with Gasteiger partial charge in [0.05, 0.1) is 0 Å². The van der Waals surface area contributed by atoms with Crippen molar-refractivity contribution in [3.05, 3.63) is 0 Å². The molecule has 3 heteroatoms. The van der Waals surface area contributed by atoms with Gasteiger partial charge in [-0.05, 0) is 0 Å². The van der Waals surface area contributed by atoms with E-state index in [4.69, 9.17) is 5.41 Å². The minimum absolute atomic E-state index is 0. The molecule has 4 heavy (non-hydrogen) atoms. The first-order valence-corrected chi connectivity index (χ1v) is 0.539. The predicted octanol–water partition coefficient (Wildman–Crippen LogP) is -0.573. The van der Waals surface area contributed by atoms with Gasteiger partial charge in [0.2, 0.25) is 0 Å². The number of rotatable bonds is 0. The van der Waals surface area contributed by atoms with Crippen LogP contribution in [0, 0.1) is 5.41 Å². The summed E-state index contributed by atoms with van der Waals surface area (Å²) in [6.45, 7) is 0. The summed E-state index contributed by atoms with van der Waals surface area (Å²) in [6, 6.07) is 0. The fourth-order valence-electron chi connectivity index (χ4n) is 0. The van der Waals surface area contributed by atoms with Gasteiger partial charge in [-0.25, -0.2) is 0 Å². The molecule has 0 fully saturated rings. The SMILES string of the molecule is N=[C-]N.[W]. The van der Waals surface area contributed by atoms with E-state index in [-0.39, 0.29) is 21.1 Å². The summed E-state index contributed by atoms with van der Waals surface area (Å²) in [4.78, 5) is 0. The molecule has 0 atom stereocenters. The Bertz CT molecular complexity index is 13.5. The quantitative estimate of drug-likeness (QED) is 0.247. The first-order valence-electron chi connectivity index (χ1n) is 0.539. The molecule has 0 spiro atoms. The van der Waals surface area contributed by atoms with Crippen LogP contribution in [0.5, 0.6) is 0 Å². The molecule has 0 aliphatic heterocycles. The van der Waals surface area contributed by atoms with Gasteiger partial charge in [-0.1, -0.05) is 0 Å². The normalized spacial score (nSPS) is 3.00. The molecule has 0 saturated carbocycles. The van der Waals surface area contributed by atoms with Crippen molar-refractivity contribution in [2.75, 3.05) is 0 Å². The van der Waals surface area contributed by atoms with Crippen LogP contribution < -0.4 is 5.73 Å². The average Bonchev–Trinajstić information content (AvgIpc) is 0.918. The summed E-state index contributed by atoms with van der Waals surface area (Å²) in [7, 11) is 0. The maximum absolute atomic E-state index is 5.74. The molecule has 0 aromatic heterocycles. The zero-order chi connectivity index (χ0) is 2.71. The van der Waals surface area contributed by atoms with Crippen LogP contribution in [0.4, 0.5) is 0 Å². The Morgan fingerprint density at radius 2 is 1.75 bits per heavy atom. The number of nitrogens with two attached hydrogens (primary N) is 1. The van der Waals surface area contributed by atoms with Crippen LogP contribution in [0.1, 0.15) is 0 Å². The molecule has 0 amide bonds. The van der Waals surface area contributed by atoms with Crippen molar-refractivity contribution in [3.63, 3.8) is 0 Å². The molecule has 0 unspecified atom stereocenters. The minimum atomic E-state index is 0. The molecule has 0 heterocycles. The van der Waals surface area contributed by atoms with Gasteiger partial charge in [0.25, 0.3) is 0 Å². The summed E-state index contributed by atoms with van der Waals surface area (Å²) < 4.78 is 0. The van der Waals surface area contributed by atoms with Crippen molar-refractivity contribution < 1.29 is 21.1 Å². The molecule has 0 aliphatic rings. The van der Waals surface area contributed by atoms with E-state index >= 15 is 0 Å². The van der Waals surface area contributed by atoms with Crippen LogP contribution in [-0.4, -0.2) is 6.34 Å². The molecular weight excluding hydrogens is 224 g/mol. The van der Waals surface area contributed by atoms with Crippen LogP contribution in [0.3, 0.4) is 0 Å². The van der Waals surface area contributed by atoms with Gasteiger partial charge in [-0.15, -0.1) is 0 Å². The number of hydrogen-bond acceptors (Lipinski definition) is 1. The molecule has 0 aliphatic carbocycles. The Kier molecular flexibility index (Phi) is 24.4. The van der Waals surface area contributed by atoms with Crippen molar-refractivity contribution in [1.29, 1.82) is 5.41 Å². The Morgan fingerprint density at radius 3 is 1.75 bits per heavy atom. The van der Waals surface area contributed by atoms with Crippen molar-refractivity contribution in [2.45, 2.75) is 0 Å². The molecule has 0 aromatic carbocycles. The van der Waals surface area contributed by atoms with E-state index in [0.717, 1.165) is 0 Å². The van der Waals surface area contributed by atoms with Crippen molar-refractivity contribution >= 4 is 6.34 Å². The van der Waals surface area contributed by atoms with E-state index in [0.29, 0.717) is 0 Å². The maximum atomic E-state index is 5.74. The molecular formula is CH3N2W-. The van der Waals surface area contributed by atoms with Gasteiger partial charge in [0, 0.05) is 21.1 Å². The molecule has 0 aromatic rings. The zero-order valence-electron chi connectivity index (χ0n) is 1.99.